The molecule has 1 aromatic carbocycles. The first-order valence-electron chi connectivity index (χ1n) is 5.56. The molecule has 1 heterocycles. The number of nitrogens with zero attached hydrogens (tertiary/aromatic N) is 1. The molecule has 0 fully saturated rings. The van der Waals surface area contributed by atoms with Crippen molar-refractivity contribution in [3.05, 3.63) is 57.7 Å². The van der Waals surface area contributed by atoms with Crippen molar-refractivity contribution >= 4 is 23.3 Å². The van der Waals surface area contributed by atoms with Crippen molar-refractivity contribution in [2.75, 3.05) is 5.32 Å². The smallest absolute Gasteiger partial charge is 0.337 e. The minimum Gasteiger partial charge on any atom is -0.478 e. The zero-order chi connectivity index (χ0) is 15.6. The topological polar surface area (TPSA) is 125 Å². The number of carboxylic acids is 1. The normalized spacial score (nSPS) is 10.1. The molecule has 2 rings (SSSR count). The number of nitro groups is 1. The number of rotatable bonds is 4. The summed E-state index contributed by atoms with van der Waals surface area (Å²) in [5, 5.41) is 21.5. The van der Waals surface area contributed by atoms with E-state index in [2.05, 4.69) is 10.3 Å². The van der Waals surface area contributed by atoms with Crippen LogP contribution in [0.3, 0.4) is 0 Å². The van der Waals surface area contributed by atoms with Gasteiger partial charge in [-0.2, -0.15) is 0 Å². The number of aromatic nitrogens is 1. The number of aromatic carboxylic acids is 1. The fraction of sp³-hybridized carbons (Fsp3) is 0. The van der Waals surface area contributed by atoms with Crippen molar-refractivity contribution in [3.63, 3.8) is 0 Å². The fourth-order valence-corrected chi connectivity index (χ4v) is 1.63. The van der Waals surface area contributed by atoms with Crippen LogP contribution in [0.2, 0.25) is 0 Å². The summed E-state index contributed by atoms with van der Waals surface area (Å²) in [6.45, 7) is 0. The van der Waals surface area contributed by atoms with Crippen molar-refractivity contribution < 1.29 is 24.0 Å². The Hall–Kier alpha value is -3.23. The summed E-state index contributed by atoms with van der Waals surface area (Å²) in [6.07, 6.45) is 0.994. The zero-order valence-electron chi connectivity index (χ0n) is 10.3. The minimum absolute atomic E-state index is 0.193. The highest BCUT2D eigenvalue weighted by atomic mass is 19.1. The quantitative estimate of drug-likeness (QED) is 0.587. The molecule has 0 spiro atoms. The molecule has 0 saturated heterocycles. The molecule has 0 aliphatic carbocycles. The summed E-state index contributed by atoms with van der Waals surface area (Å²) < 4.78 is 13.6. The van der Waals surface area contributed by atoms with Crippen LogP contribution in [0.5, 0.6) is 0 Å². The second-order valence-corrected chi connectivity index (χ2v) is 3.95. The lowest BCUT2D eigenvalue weighted by Gasteiger charge is -2.08. The van der Waals surface area contributed by atoms with E-state index in [9.17, 15) is 24.1 Å². The first kappa shape index (κ1) is 14.2. The lowest BCUT2D eigenvalue weighted by atomic mass is 10.1. The number of aromatic amines is 1. The second kappa shape index (κ2) is 5.41. The van der Waals surface area contributed by atoms with Gasteiger partial charge in [0, 0.05) is 6.07 Å². The van der Waals surface area contributed by atoms with E-state index in [1.54, 1.807) is 0 Å². The summed E-state index contributed by atoms with van der Waals surface area (Å²) >= 11 is 0. The Balaban J connectivity index is 2.31. The van der Waals surface area contributed by atoms with Crippen LogP contribution < -0.4 is 5.32 Å². The number of para-hydroxylation sites is 1. The van der Waals surface area contributed by atoms with Crippen LogP contribution in [-0.4, -0.2) is 26.9 Å². The Morgan fingerprint density at radius 2 is 2.10 bits per heavy atom. The Morgan fingerprint density at radius 1 is 1.38 bits per heavy atom. The molecule has 21 heavy (non-hydrogen) atoms. The number of nitrogens with one attached hydrogen (secondary N) is 2. The monoisotopic (exact) mass is 293 g/mol. The van der Waals surface area contributed by atoms with E-state index in [0.29, 0.717) is 0 Å². The lowest BCUT2D eigenvalue weighted by Crippen LogP contribution is -2.16. The molecule has 1 amide bonds. The predicted octanol–water partition coefficient (Wildman–Crippen LogP) is 2.01. The molecule has 0 aliphatic heterocycles. The molecular formula is C12H8FN3O5. The van der Waals surface area contributed by atoms with Crippen LogP contribution in [0.25, 0.3) is 0 Å². The number of carbonyl (C=O) groups excluding carboxylic acids is 1. The maximum Gasteiger partial charge on any atom is 0.337 e. The average molecular weight is 293 g/mol. The van der Waals surface area contributed by atoms with Crippen LogP contribution in [0.15, 0.2) is 30.5 Å². The van der Waals surface area contributed by atoms with E-state index in [1.165, 1.54) is 6.07 Å². The Morgan fingerprint density at radius 3 is 2.67 bits per heavy atom. The highest BCUT2D eigenvalue weighted by molar-refractivity contribution is 6.07. The van der Waals surface area contributed by atoms with Gasteiger partial charge in [-0.3, -0.25) is 14.9 Å². The van der Waals surface area contributed by atoms with E-state index in [0.717, 1.165) is 24.4 Å². The molecule has 2 aromatic rings. The summed E-state index contributed by atoms with van der Waals surface area (Å²) in [5.74, 6) is -3.23. The lowest BCUT2D eigenvalue weighted by molar-refractivity contribution is -0.384. The summed E-state index contributed by atoms with van der Waals surface area (Å²) in [4.78, 5) is 35.0. The third-order valence-electron chi connectivity index (χ3n) is 2.61. The first-order valence-corrected chi connectivity index (χ1v) is 5.56. The van der Waals surface area contributed by atoms with Gasteiger partial charge in [-0.05, 0) is 12.1 Å². The molecule has 8 nitrogen and oxygen atoms in total. The number of halogens is 1. The van der Waals surface area contributed by atoms with Crippen molar-refractivity contribution in [3.8, 4) is 0 Å². The molecule has 3 N–H and O–H groups in total. The molecule has 1 aromatic heterocycles. The molecular weight excluding hydrogens is 285 g/mol. The average Bonchev–Trinajstić information content (AvgIpc) is 2.90. The first-order chi connectivity index (χ1) is 9.90. The zero-order valence-corrected chi connectivity index (χ0v) is 10.3. The number of hydrogen-bond acceptors (Lipinski definition) is 4. The minimum atomic E-state index is -1.41. The van der Waals surface area contributed by atoms with Gasteiger partial charge in [0.05, 0.1) is 22.4 Å². The van der Waals surface area contributed by atoms with Crippen LogP contribution >= 0.6 is 0 Å². The maximum atomic E-state index is 13.6. The molecule has 9 heteroatoms. The van der Waals surface area contributed by atoms with Gasteiger partial charge in [-0.1, -0.05) is 6.07 Å². The third-order valence-corrected chi connectivity index (χ3v) is 2.61. The number of anilines is 1. The second-order valence-electron chi connectivity index (χ2n) is 3.95. The number of amides is 1. The summed E-state index contributed by atoms with van der Waals surface area (Å²) in [6, 6.07) is 4.25. The third kappa shape index (κ3) is 2.86. The molecule has 0 atom stereocenters. The molecule has 0 unspecified atom stereocenters. The molecule has 108 valence electrons. The van der Waals surface area contributed by atoms with Gasteiger partial charge in [0.15, 0.2) is 0 Å². The fourth-order valence-electron chi connectivity index (χ4n) is 1.63. The van der Waals surface area contributed by atoms with Crippen LogP contribution in [0.1, 0.15) is 20.8 Å². The number of hydrogen-bond donors (Lipinski definition) is 3. The standard InChI is InChI=1S/C12H8FN3O5/c13-8-3-1-2-7(12(18)19)10(8)15-11(17)9-4-6(5-14-9)16(20)21/h1-5,14H,(H,15,17)(H,18,19). The van der Waals surface area contributed by atoms with Gasteiger partial charge in [0.25, 0.3) is 11.6 Å². The van der Waals surface area contributed by atoms with E-state index in [4.69, 9.17) is 5.11 Å². The van der Waals surface area contributed by atoms with E-state index in [1.807, 2.05) is 0 Å². The molecule has 0 aliphatic rings. The highest BCUT2D eigenvalue weighted by Crippen LogP contribution is 2.21. The van der Waals surface area contributed by atoms with Crippen LogP contribution in [0.4, 0.5) is 15.8 Å². The van der Waals surface area contributed by atoms with Gasteiger partial charge in [-0.25, -0.2) is 9.18 Å². The van der Waals surface area contributed by atoms with Crippen LogP contribution in [0, 0.1) is 15.9 Å². The van der Waals surface area contributed by atoms with Crippen molar-refractivity contribution in [1.29, 1.82) is 0 Å². The molecule has 0 radical (unpaired) electrons. The Kier molecular flexibility index (Phi) is 3.65. The Labute approximate surface area is 116 Å². The van der Waals surface area contributed by atoms with E-state index in [-0.39, 0.29) is 11.4 Å². The molecule has 0 saturated carbocycles. The van der Waals surface area contributed by atoms with Gasteiger partial charge in [0.2, 0.25) is 0 Å². The Bertz CT molecular complexity index is 740. The number of carbonyl (C=O) groups is 2. The predicted molar refractivity (Wildman–Crippen MR) is 68.8 cm³/mol. The van der Waals surface area contributed by atoms with Crippen LogP contribution in [-0.2, 0) is 0 Å². The highest BCUT2D eigenvalue weighted by Gasteiger charge is 2.19. The van der Waals surface area contributed by atoms with E-state index < -0.39 is 33.9 Å². The maximum absolute atomic E-state index is 13.6. The number of benzene rings is 1. The van der Waals surface area contributed by atoms with Gasteiger partial charge in [0.1, 0.15) is 11.5 Å². The molecule has 0 bridgehead atoms. The largest absolute Gasteiger partial charge is 0.478 e. The SMILES string of the molecule is O=C(Nc1c(F)cccc1C(=O)O)c1cc([N+](=O)[O-])c[nH]1. The number of carboxylic acid groups (broad SMARTS) is 1. The number of H-pyrrole nitrogens is 1. The van der Waals surface area contributed by atoms with Crippen molar-refractivity contribution in [2.45, 2.75) is 0 Å². The van der Waals surface area contributed by atoms with Gasteiger partial charge < -0.3 is 15.4 Å². The van der Waals surface area contributed by atoms with Crippen molar-refractivity contribution in [1.82, 2.24) is 4.98 Å². The summed E-state index contributed by atoms with van der Waals surface area (Å²) in [5.41, 5.74) is -1.47. The van der Waals surface area contributed by atoms with E-state index >= 15 is 0 Å². The van der Waals surface area contributed by atoms with Gasteiger partial charge in [-0.15, -0.1) is 0 Å². The van der Waals surface area contributed by atoms with Crippen molar-refractivity contribution in [2.24, 2.45) is 0 Å². The van der Waals surface area contributed by atoms with Gasteiger partial charge >= 0.3 is 5.97 Å². The summed E-state index contributed by atoms with van der Waals surface area (Å²) in [7, 11) is 0.